The molecule has 0 fully saturated rings. The third-order valence-corrected chi connectivity index (χ3v) is 2.98. The van der Waals surface area contributed by atoms with Crippen LogP contribution in [0.3, 0.4) is 0 Å². The summed E-state index contributed by atoms with van der Waals surface area (Å²) < 4.78 is 10.2. The first-order chi connectivity index (χ1) is 11.2. The van der Waals surface area contributed by atoms with Crippen LogP contribution in [-0.2, 0) is 20.7 Å². The molecule has 0 bridgehead atoms. The van der Waals surface area contributed by atoms with E-state index in [0.29, 0.717) is 12.8 Å². The summed E-state index contributed by atoms with van der Waals surface area (Å²) >= 11 is 0. The molecule has 0 spiro atoms. The highest BCUT2D eigenvalue weighted by atomic mass is 16.6. The molecule has 1 amide bonds. The molecule has 0 aliphatic carbocycles. The number of phenols is 1. The van der Waals surface area contributed by atoms with Crippen molar-refractivity contribution in [2.75, 3.05) is 6.61 Å². The van der Waals surface area contributed by atoms with E-state index >= 15 is 0 Å². The lowest BCUT2D eigenvalue weighted by Crippen LogP contribution is -2.44. The van der Waals surface area contributed by atoms with E-state index < -0.39 is 23.7 Å². The number of aromatic hydroxyl groups is 1. The fraction of sp³-hybridized carbons (Fsp3) is 0.444. The highest BCUT2D eigenvalue weighted by Gasteiger charge is 2.25. The molecule has 0 saturated heterocycles. The van der Waals surface area contributed by atoms with E-state index in [1.165, 1.54) is 6.08 Å². The van der Waals surface area contributed by atoms with E-state index in [1.807, 2.05) is 0 Å². The van der Waals surface area contributed by atoms with Gasteiger partial charge in [-0.3, -0.25) is 0 Å². The van der Waals surface area contributed by atoms with E-state index in [2.05, 4.69) is 11.9 Å². The lowest BCUT2D eigenvalue weighted by molar-refractivity contribution is -0.145. The summed E-state index contributed by atoms with van der Waals surface area (Å²) in [5.41, 5.74) is 0.275. The molecule has 2 N–H and O–H groups in total. The summed E-state index contributed by atoms with van der Waals surface area (Å²) in [5.74, 6) is -0.368. The molecular formula is C18H25NO5. The van der Waals surface area contributed by atoms with Crippen molar-refractivity contribution in [3.05, 3.63) is 42.5 Å². The molecule has 6 nitrogen and oxygen atoms in total. The second-order valence-electron chi connectivity index (χ2n) is 6.32. The van der Waals surface area contributed by atoms with Crippen molar-refractivity contribution in [1.29, 1.82) is 0 Å². The van der Waals surface area contributed by atoms with Crippen LogP contribution in [0.4, 0.5) is 4.79 Å². The zero-order valence-electron chi connectivity index (χ0n) is 14.4. The van der Waals surface area contributed by atoms with Gasteiger partial charge in [0.05, 0.1) is 0 Å². The van der Waals surface area contributed by atoms with Crippen molar-refractivity contribution in [2.45, 2.75) is 45.3 Å². The number of ether oxygens (including phenoxy) is 2. The van der Waals surface area contributed by atoms with E-state index in [-0.39, 0.29) is 12.4 Å². The molecule has 0 aromatic heterocycles. The highest BCUT2D eigenvalue weighted by Crippen LogP contribution is 2.13. The van der Waals surface area contributed by atoms with E-state index in [1.54, 1.807) is 45.0 Å². The zero-order chi connectivity index (χ0) is 18.2. The van der Waals surface area contributed by atoms with Crippen LogP contribution in [0.5, 0.6) is 5.75 Å². The summed E-state index contributed by atoms with van der Waals surface area (Å²) in [7, 11) is 0. The molecule has 1 rings (SSSR count). The van der Waals surface area contributed by atoms with Crippen LogP contribution in [0, 0.1) is 0 Å². The summed E-state index contributed by atoms with van der Waals surface area (Å²) in [5, 5.41) is 11.8. The second kappa shape index (κ2) is 8.96. The van der Waals surface area contributed by atoms with Crippen molar-refractivity contribution in [1.82, 2.24) is 5.32 Å². The molecule has 0 unspecified atom stereocenters. The van der Waals surface area contributed by atoms with Gasteiger partial charge in [0, 0.05) is 0 Å². The number of hydrogen-bond donors (Lipinski definition) is 2. The minimum Gasteiger partial charge on any atom is -0.508 e. The molecule has 0 aliphatic rings. The Hall–Kier alpha value is -2.50. The second-order valence-corrected chi connectivity index (χ2v) is 6.32. The van der Waals surface area contributed by atoms with Crippen molar-refractivity contribution >= 4 is 12.1 Å². The highest BCUT2D eigenvalue weighted by molar-refractivity contribution is 5.81. The van der Waals surface area contributed by atoms with Crippen LogP contribution >= 0.6 is 0 Å². The molecule has 0 saturated carbocycles. The van der Waals surface area contributed by atoms with Gasteiger partial charge in [0.1, 0.15) is 24.0 Å². The van der Waals surface area contributed by atoms with Gasteiger partial charge in [0.25, 0.3) is 0 Å². The predicted octanol–water partition coefficient (Wildman–Crippen LogP) is 2.95. The monoisotopic (exact) mass is 335 g/mol. The molecule has 0 radical (unpaired) electrons. The number of hydrogen-bond acceptors (Lipinski definition) is 5. The SMILES string of the molecule is C=CCOC(=O)[C@H](CCc1ccc(O)cc1)NC(=O)OC(C)(C)C. The number of carbonyl (C=O) groups is 2. The summed E-state index contributed by atoms with van der Waals surface area (Å²) in [6, 6.07) is 5.83. The standard InChI is InChI=1S/C18H25NO5/c1-5-12-23-16(21)15(19-17(22)24-18(2,3)4)11-8-13-6-9-14(20)10-7-13/h5-7,9-10,15,20H,1,8,11-12H2,2-4H3,(H,19,22)/t15-/m0/s1. The van der Waals surface area contributed by atoms with E-state index in [0.717, 1.165) is 5.56 Å². The number of phenolic OH excluding ortho intramolecular Hbond substituents is 1. The number of aryl methyl sites for hydroxylation is 1. The maximum Gasteiger partial charge on any atom is 0.408 e. The first-order valence-corrected chi connectivity index (χ1v) is 7.76. The maximum absolute atomic E-state index is 12.1. The Morgan fingerprint density at radius 1 is 1.29 bits per heavy atom. The van der Waals surface area contributed by atoms with Crippen LogP contribution in [0.25, 0.3) is 0 Å². The van der Waals surface area contributed by atoms with E-state index in [4.69, 9.17) is 9.47 Å². The van der Waals surface area contributed by atoms with Crippen molar-refractivity contribution in [3.8, 4) is 5.75 Å². The van der Waals surface area contributed by atoms with Gasteiger partial charge in [-0.25, -0.2) is 9.59 Å². The molecular weight excluding hydrogens is 310 g/mol. The largest absolute Gasteiger partial charge is 0.508 e. The molecule has 1 aromatic rings. The van der Waals surface area contributed by atoms with Gasteiger partial charge in [-0.05, 0) is 51.3 Å². The first-order valence-electron chi connectivity index (χ1n) is 7.76. The smallest absolute Gasteiger partial charge is 0.408 e. The Morgan fingerprint density at radius 3 is 2.46 bits per heavy atom. The van der Waals surface area contributed by atoms with Crippen LogP contribution < -0.4 is 5.32 Å². The van der Waals surface area contributed by atoms with Crippen molar-refractivity contribution in [2.24, 2.45) is 0 Å². The number of rotatable bonds is 7. The van der Waals surface area contributed by atoms with Gasteiger partial charge in [-0.15, -0.1) is 0 Å². The minimum atomic E-state index is -0.825. The Bertz CT molecular complexity index is 560. The van der Waals surface area contributed by atoms with Crippen LogP contribution in [0.2, 0.25) is 0 Å². The Morgan fingerprint density at radius 2 is 1.92 bits per heavy atom. The number of benzene rings is 1. The van der Waals surface area contributed by atoms with Gasteiger partial charge < -0.3 is 19.9 Å². The molecule has 1 atom stereocenters. The number of alkyl carbamates (subject to hydrolysis) is 1. The lowest BCUT2D eigenvalue weighted by Gasteiger charge is -2.23. The fourth-order valence-corrected chi connectivity index (χ4v) is 1.91. The first kappa shape index (κ1) is 19.5. The van der Waals surface area contributed by atoms with Crippen molar-refractivity contribution < 1.29 is 24.2 Å². The van der Waals surface area contributed by atoms with E-state index in [9.17, 15) is 14.7 Å². The zero-order valence-corrected chi connectivity index (χ0v) is 14.4. The van der Waals surface area contributed by atoms with Gasteiger partial charge in [-0.2, -0.15) is 0 Å². The minimum absolute atomic E-state index is 0.0739. The Kier molecular flexibility index (Phi) is 7.30. The van der Waals surface area contributed by atoms with Crippen LogP contribution in [-0.4, -0.2) is 35.4 Å². The molecule has 0 heterocycles. The average Bonchev–Trinajstić information content (AvgIpc) is 2.48. The number of nitrogens with one attached hydrogen (secondary N) is 1. The van der Waals surface area contributed by atoms with Crippen LogP contribution in [0.15, 0.2) is 36.9 Å². The third-order valence-electron chi connectivity index (χ3n) is 2.98. The topological polar surface area (TPSA) is 84.9 Å². The molecule has 132 valence electrons. The summed E-state index contributed by atoms with van der Waals surface area (Å²) in [6.07, 6.45) is 1.67. The van der Waals surface area contributed by atoms with Gasteiger partial charge >= 0.3 is 12.1 Å². The summed E-state index contributed by atoms with van der Waals surface area (Å²) in [4.78, 5) is 24.0. The molecule has 6 heteroatoms. The van der Waals surface area contributed by atoms with Gasteiger partial charge in [-0.1, -0.05) is 24.8 Å². The fourth-order valence-electron chi connectivity index (χ4n) is 1.91. The maximum atomic E-state index is 12.1. The van der Waals surface area contributed by atoms with Gasteiger partial charge in [0.2, 0.25) is 0 Å². The molecule has 24 heavy (non-hydrogen) atoms. The molecule has 0 aliphatic heterocycles. The quantitative estimate of drug-likeness (QED) is 0.591. The number of amides is 1. The summed E-state index contributed by atoms with van der Waals surface area (Å²) in [6.45, 7) is 8.80. The number of esters is 1. The number of carbonyl (C=O) groups excluding carboxylic acids is 2. The Labute approximate surface area is 142 Å². The van der Waals surface area contributed by atoms with Crippen LogP contribution in [0.1, 0.15) is 32.8 Å². The third kappa shape index (κ3) is 7.67. The normalized spacial score (nSPS) is 12.1. The average molecular weight is 335 g/mol. The van der Waals surface area contributed by atoms with Crippen molar-refractivity contribution in [3.63, 3.8) is 0 Å². The molecule has 1 aromatic carbocycles. The van der Waals surface area contributed by atoms with Gasteiger partial charge in [0.15, 0.2) is 0 Å². The Balaban J connectivity index is 2.69. The predicted molar refractivity (Wildman–Crippen MR) is 90.7 cm³/mol. The lowest BCUT2D eigenvalue weighted by atomic mass is 10.1.